The highest BCUT2D eigenvalue weighted by Crippen LogP contribution is 2.35. The molecule has 0 spiro atoms. The van der Waals surface area contributed by atoms with E-state index in [-0.39, 0.29) is 18.4 Å². The maximum absolute atomic E-state index is 11.9. The van der Waals surface area contributed by atoms with E-state index in [1.165, 1.54) is 0 Å². The Bertz CT molecular complexity index is 489. The molecule has 1 unspecified atom stereocenters. The number of ketones is 1. The predicted octanol–water partition coefficient (Wildman–Crippen LogP) is 0.801. The van der Waals surface area contributed by atoms with Crippen LogP contribution in [-0.4, -0.2) is 33.8 Å². The Hall–Kier alpha value is -1.04. The van der Waals surface area contributed by atoms with Crippen LogP contribution in [0.4, 0.5) is 0 Å². The maximum Gasteiger partial charge on any atom is 0.327 e. The molecule has 0 aromatic heterocycles. The van der Waals surface area contributed by atoms with Crippen molar-refractivity contribution < 1.29 is 19.1 Å². The van der Waals surface area contributed by atoms with Gasteiger partial charge in [-0.25, -0.2) is 0 Å². The number of nitrogens with two attached hydrogens (primary N) is 2. The number of benzene rings is 1. The third-order valence-corrected chi connectivity index (χ3v) is 4.13. The Morgan fingerprint density at radius 1 is 1.19 bits per heavy atom. The van der Waals surface area contributed by atoms with Gasteiger partial charge in [0.2, 0.25) is 0 Å². The van der Waals surface area contributed by atoms with Crippen molar-refractivity contribution in [2.45, 2.75) is 37.8 Å². The van der Waals surface area contributed by atoms with Crippen molar-refractivity contribution in [3.8, 4) is 0 Å². The van der Waals surface area contributed by atoms with Crippen molar-refractivity contribution in [3.05, 3.63) is 35.9 Å². The third-order valence-electron chi connectivity index (χ3n) is 3.18. The molecule has 0 aliphatic heterocycles. The normalized spacial score (nSPS) is 14.7. The molecule has 1 aromatic carbocycles. The summed E-state index contributed by atoms with van der Waals surface area (Å²) in [5, 5.41) is 0. The van der Waals surface area contributed by atoms with E-state index in [1.807, 2.05) is 30.3 Å². The lowest BCUT2D eigenvalue weighted by molar-refractivity contribution is -0.120. The lowest BCUT2D eigenvalue weighted by Gasteiger charge is -2.13. The van der Waals surface area contributed by atoms with Crippen molar-refractivity contribution in [1.82, 2.24) is 0 Å². The first-order chi connectivity index (χ1) is 9.78. The molecule has 0 fully saturated rings. The minimum atomic E-state index is -4.09. The maximum atomic E-state index is 11.9. The van der Waals surface area contributed by atoms with E-state index in [0.717, 1.165) is 5.56 Å². The summed E-state index contributed by atoms with van der Waals surface area (Å²) in [7, 11) is -4.09. The molecule has 118 valence electrons. The van der Waals surface area contributed by atoms with Gasteiger partial charge in [0, 0.05) is 12.5 Å². The van der Waals surface area contributed by atoms with Gasteiger partial charge in [-0.2, -0.15) is 0 Å². The number of hydrogen-bond acceptors (Lipinski definition) is 4. The molecule has 0 saturated heterocycles. The van der Waals surface area contributed by atoms with Crippen LogP contribution < -0.4 is 11.5 Å². The first kappa shape index (κ1) is 18.0. The molecule has 0 bridgehead atoms. The summed E-state index contributed by atoms with van der Waals surface area (Å²) in [4.78, 5) is 29.5. The summed E-state index contributed by atoms with van der Waals surface area (Å²) in [5.74, 6) is -0.0535. The first-order valence-corrected chi connectivity index (χ1v) is 8.70. The average molecular weight is 314 g/mol. The van der Waals surface area contributed by atoms with Crippen LogP contribution in [0.25, 0.3) is 0 Å². The van der Waals surface area contributed by atoms with Crippen LogP contribution in [-0.2, 0) is 15.8 Å². The smallest absolute Gasteiger partial charge is 0.327 e. The minimum absolute atomic E-state index is 0.0535. The predicted molar refractivity (Wildman–Crippen MR) is 81.9 cm³/mol. The lowest BCUT2D eigenvalue weighted by Crippen LogP contribution is -2.33. The largest absolute Gasteiger partial charge is 0.327 e. The second kappa shape index (κ2) is 8.41. The third kappa shape index (κ3) is 8.09. The van der Waals surface area contributed by atoms with Gasteiger partial charge in [0.1, 0.15) is 5.78 Å². The SMILES string of the molecule is NC(CCCC(=O)[C@H](N)Cc1ccccc1)CP(=O)(O)O. The second-order valence-electron chi connectivity index (χ2n) is 5.26. The fourth-order valence-corrected chi connectivity index (χ4v) is 2.90. The zero-order chi connectivity index (χ0) is 15.9. The summed E-state index contributed by atoms with van der Waals surface area (Å²) in [6, 6.07) is 8.39. The van der Waals surface area contributed by atoms with E-state index in [4.69, 9.17) is 21.3 Å². The van der Waals surface area contributed by atoms with Crippen LogP contribution in [0.5, 0.6) is 0 Å². The molecule has 1 aromatic rings. The zero-order valence-electron chi connectivity index (χ0n) is 11.9. The number of carbonyl (C=O) groups is 1. The average Bonchev–Trinajstić information content (AvgIpc) is 2.37. The van der Waals surface area contributed by atoms with Gasteiger partial charge >= 0.3 is 7.60 Å². The molecular weight excluding hydrogens is 291 g/mol. The van der Waals surface area contributed by atoms with E-state index in [1.54, 1.807) is 0 Å². The highest BCUT2D eigenvalue weighted by Gasteiger charge is 2.19. The van der Waals surface area contributed by atoms with Gasteiger partial charge in [-0.1, -0.05) is 30.3 Å². The van der Waals surface area contributed by atoms with Gasteiger partial charge in [-0.15, -0.1) is 0 Å². The number of carbonyl (C=O) groups excluding carboxylic acids is 1. The van der Waals surface area contributed by atoms with E-state index >= 15 is 0 Å². The van der Waals surface area contributed by atoms with Gasteiger partial charge < -0.3 is 21.3 Å². The Labute approximate surface area is 124 Å². The van der Waals surface area contributed by atoms with Crippen molar-refractivity contribution in [1.29, 1.82) is 0 Å². The molecule has 2 atom stereocenters. The van der Waals surface area contributed by atoms with Gasteiger partial charge in [-0.05, 0) is 24.8 Å². The highest BCUT2D eigenvalue weighted by molar-refractivity contribution is 7.51. The fraction of sp³-hybridized carbons (Fsp3) is 0.500. The summed E-state index contributed by atoms with van der Waals surface area (Å²) < 4.78 is 10.8. The molecule has 0 heterocycles. The molecule has 0 aliphatic rings. The van der Waals surface area contributed by atoms with Gasteiger partial charge in [-0.3, -0.25) is 9.36 Å². The van der Waals surface area contributed by atoms with Gasteiger partial charge in [0.05, 0.1) is 12.2 Å². The summed E-state index contributed by atoms with van der Waals surface area (Å²) in [6.07, 6.45) is 1.31. The van der Waals surface area contributed by atoms with Crippen molar-refractivity contribution >= 4 is 13.4 Å². The molecule has 1 rings (SSSR count). The van der Waals surface area contributed by atoms with Gasteiger partial charge in [0.25, 0.3) is 0 Å². The summed E-state index contributed by atoms with van der Waals surface area (Å²) >= 11 is 0. The van der Waals surface area contributed by atoms with Crippen LogP contribution in [0.15, 0.2) is 30.3 Å². The van der Waals surface area contributed by atoms with Crippen LogP contribution in [0, 0.1) is 0 Å². The Balaban J connectivity index is 2.28. The lowest BCUT2D eigenvalue weighted by atomic mass is 9.99. The highest BCUT2D eigenvalue weighted by atomic mass is 31.2. The molecule has 21 heavy (non-hydrogen) atoms. The monoisotopic (exact) mass is 314 g/mol. The van der Waals surface area contributed by atoms with Crippen LogP contribution in [0.3, 0.4) is 0 Å². The molecule has 0 saturated carbocycles. The minimum Gasteiger partial charge on any atom is -0.327 e. The molecule has 6 N–H and O–H groups in total. The summed E-state index contributed by atoms with van der Waals surface area (Å²) in [6.45, 7) is 0. The van der Waals surface area contributed by atoms with E-state index in [0.29, 0.717) is 19.3 Å². The quantitative estimate of drug-likeness (QED) is 0.499. The Morgan fingerprint density at radius 3 is 2.38 bits per heavy atom. The molecule has 6 nitrogen and oxygen atoms in total. The van der Waals surface area contributed by atoms with Crippen LogP contribution in [0.2, 0.25) is 0 Å². The molecule has 0 amide bonds. The Morgan fingerprint density at radius 2 is 1.81 bits per heavy atom. The topological polar surface area (TPSA) is 127 Å². The summed E-state index contributed by atoms with van der Waals surface area (Å²) in [5.41, 5.74) is 12.5. The van der Waals surface area contributed by atoms with Crippen LogP contribution in [0.1, 0.15) is 24.8 Å². The van der Waals surface area contributed by atoms with Crippen molar-refractivity contribution in [2.24, 2.45) is 11.5 Å². The van der Waals surface area contributed by atoms with E-state index in [2.05, 4.69) is 0 Å². The zero-order valence-corrected chi connectivity index (χ0v) is 12.8. The number of Topliss-reactive ketones (excluding diaryl/α,β-unsaturated/α-hetero) is 1. The molecular formula is C14H23N2O4P. The van der Waals surface area contributed by atoms with Crippen molar-refractivity contribution in [2.75, 3.05) is 6.16 Å². The van der Waals surface area contributed by atoms with Gasteiger partial charge in [0.15, 0.2) is 0 Å². The standard InChI is InChI=1S/C14H23N2O4P/c15-12(10-21(18,19)20)7-4-8-14(17)13(16)9-11-5-2-1-3-6-11/h1-3,5-6,12-13H,4,7-10,15-16H2,(H2,18,19,20)/t12?,13-/m1/s1. The van der Waals surface area contributed by atoms with Crippen LogP contribution >= 0.6 is 7.60 Å². The molecule has 0 aliphatic carbocycles. The fourth-order valence-electron chi connectivity index (χ4n) is 2.10. The number of rotatable bonds is 9. The second-order valence-corrected chi connectivity index (χ2v) is 6.96. The Kier molecular flexibility index (Phi) is 7.22. The molecule has 7 heteroatoms. The first-order valence-electron chi connectivity index (χ1n) is 6.90. The van der Waals surface area contributed by atoms with E-state index in [9.17, 15) is 9.36 Å². The van der Waals surface area contributed by atoms with E-state index < -0.39 is 19.7 Å². The number of hydrogen-bond donors (Lipinski definition) is 4. The van der Waals surface area contributed by atoms with Crippen molar-refractivity contribution in [3.63, 3.8) is 0 Å². The molecule has 0 radical (unpaired) electrons.